The summed E-state index contributed by atoms with van der Waals surface area (Å²) in [6.45, 7) is 7.62. The number of benzene rings is 2. The van der Waals surface area contributed by atoms with Crippen LogP contribution in [0, 0.1) is 6.92 Å². The van der Waals surface area contributed by atoms with Crippen LogP contribution in [0.4, 0.5) is 5.69 Å². The van der Waals surface area contributed by atoms with Gasteiger partial charge in [0.1, 0.15) is 0 Å². The summed E-state index contributed by atoms with van der Waals surface area (Å²) in [5, 5.41) is 5.84. The molecule has 0 fully saturated rings. The zero-order valence-corrected chi connectivity index (χ0v) is 17.8. The Balaban J connectivity index is 1.89. The van der Waals surface area contributed by atoms with Crippen LogP contribution >= 0.6 is 11.8 Å². The van der Waals surface area contributed by atoms with E-state index < -0.39 is 0 Å². The fourth-order valence-electron chi connectivity index (χ4n) is 2.46. The Morgan fingerprint density at radius 2 is 1.75 bits per heavy atom. The molecular weight excluding hydrogens is 370 g/mol. The van der Waals surface area contributed by atoms with Crippen molar-refractivity contribution in [1.82, 2.24) is 10.2 Å². The summed E-state index contributed by atoms with van der Waals surface area (Å²) in [5.74, 6) is 0.0377. The largest absolute Gasteiger partial charge is 0.351 e. The van der Waals surface area contributed by atoms with Gasteiger partial charge >= 0.3 is 0 Å². The molecule has 5 nitrogen and oxygen atoms in total. The molecule has 6 heteroatoms. The number of likely N-dealkylation sites (N-methyl/N-ethyl adjacent to an activating group) is 1. The van der Waals surface area contributed by atoms with Gasteiger partial charge in [-0.1, -0.05) is 29.8 Å². The molecular formula is C22H29N3O2S. The highest BCUT2D eigenvalue weighted by atomic mass is 32.2. The molecule has 0 heterocycles. The molecule has 0 saturated carbocycles. The second-order valence-electron chi connectivity index (χ2n) is 7.03. The molecule has 0 atom stereocenters. The van der Waals surface area contributed by atoms with Crippen molar-refractivity contribution in [2.24, 2.45) is 0 Å². The summed E-state index contributed by atoms with van der Waals surface area (Å²) in [6, 6.07) is 15.5. The Hall–Kier alpha value is -2.31. The quantitative estimate of drug-likeness (QED) is 0.630. The molecule has 0 unspecified atom stereocenters. The predicted octanol–water partition coefficient (Wildman–Crippen LogP) is 3.80. The standard InChI is InChI=1S/C22H29N3O2S/c1-16(2)25(4)14-13-23-22(27)19-7-5-6-8-20(19)28-15-21(26)24-18-11-9-17(3)10-12-18/h5-12,16H,13-15H2,1-4H3,(H,23,27)(H,24,26). The Labute approximate surface area is 171 Å². The number of hydrogen-bond acceptors (Lipinski definition) is 4. The Bertz CT molecular complexity index is 791. The second-order valence-corrected chi connectivity index (χ2v) is 8.05. The summed E-state index contributed by atoms with van der Waals surface area (Å²) in [6.07, 6.45) is 0. The van der Waals surface area contributed by atoms with Crippen molar-refractivity contribution in [2.75, 3.05) is 31.2 Å². The van der Waals surface area contributed by atoms with Gasteiger partial charge in [0, 0.05) is 29.7 Å². The summed E-state index contributed by atoms with van der Waals surface area (Å²) in [7, 11) is 2.04. The number of nitrogens with zero attached hydrogens (tertiary/aromatic N) is 1. The van der Waals surface area contributed by atoms with E-state index in [0.717, 1.165) is 22.7 Å². The maximum atomic E-state index is 12.5. The smallest absolute Gasteiger partial charge is 0.252 e. The molecule has 2 rings (SSSR count). The van der Waals surface area contributed by atoms with Crippen molar-refractivity contribution in [3.05, 3.63) is 59.7 Å². The molecule has 150 valence electrons. The van der Waals surface area contributed by atoms with Gasteiger partial charge in [-0.15, -0.1) is 11.8 Å². The molecule has 0 saturated heterocycles. The van der Waals surface area contributed by atoms with Crippen LogP contribution in [0.25, 0.3) is 0 Å². The lowest BCUT2D eigenvalue weighted by Crippen LogP contribution is -2.36. The lowest BCUT2D eigenvalue weighted by atomic mass is 10.2. The highest BCUT2D eigenvalue weighted by Gasteiger charge is 2.13. The molecule has 2 amide bonds. The van der Waals surface area contributed by atoms with Gasteiger partial charge in [-0.05, 0) is 52.1 Å². The van der Waals surface area contributed by atoms with E-state index in [9.17, 15) is 9.59 Å². The lowest BCUT2D eigenvalue weighted by Gasteiger charge is -2.21. The van der Waals surface area contributed by atoms with Crippen molar-refractivity contribution in [3.8, 4) is 0 Å². The van der Waals surface area contributed by atoms with Crippen LogP contribution in [0.1, 0.15) is 29.8 Å². The first-order valence-electron chi connectivity index (χ1n) is 9.43. The minimum atomic E-state index is -0.112. The average molecular weight is 400 g/mol. The summed E-state index contributed by atoms with van der Waals surface area (Å²) < 4.78 is 0. The molecule has 2 aromatic carbocycles. The van der Waals surface area contributed by atoms with E-state index in [1.807, 2.05) is 56.4 Å². The summed E-state index contributed by atoms with van der Waals surface area (Å²) in [4.78, 5) is 27.7. The van der Waals surface area contributed by atoms with Crippen molar-refractivity contribution < 1.29 is 9.59 Å². The van der Waals surface area contributed by atoms with Crippen molar-refractivity contribution in [3.63, 3.8) is 0 Å². The zero-order valence-electron chi connectivity index (χ0n) is 17.0. The zero-order chi connectivity index (χ0) is 20.5. The minimum Gasteiger partial charge on any atom is -0.351 e. The Kier molecular flexibility index (Phi) is 8.54. The molecule has 0 bridgehead atoms. The summed E-state index contributed by atoms with van der Waals surface area (Å²) in [5.41, 5.74) is 2.52. The first kappa shape index (κ1) is 22.0. The van der Waals surface area contributed by atoms with Gasteiger partial charge in [0.05, 0.1) is 11.3 Å². The van der Waals surface area contributed by atoms with Gasteiger partial charge in [-0.25, -0.2) is 0 Å². The minimum absolute atomic E-state index is 0.0948. The summed E-state index contributed by atoms with van der Waals surface area (Å²) >= 11 is 1.37. The van der Waals surface area contributed by atoms with Crippen LogP contribution < -0.4 is 10.6 Å². The molecule has 0 aliphatic heterocycles. The Morgan fingerprint density at radius 1 is 1.07 bits per heavy atom. The SMILES string of the molecule is Cc1ccc(NC(=O)CSc2ccccc2C(=O)NCCN(C)C(C)C)cc1. The fraction of sp³-hybridized carbons (Fsp3) is 0.364. The van der Waals surface area contributed by atoms with Crippen LogP contribution in [0.3, 0.4) is 0 Å². The molecule has 2 N–H and O–H groups in total. The third kappa shape index (κ3) is 7.02. The van der Waals surface area contributed by atoms with Gasteiger partial charge in [-0.3, -0.25) is 9.59 Å². The van der Waals surface area contributed by atoms with E-state index in [0.29, 0.717) is 18.2 Å². The van der Waals surface area contributed by atoms with Crippen molar-refractivity contribution in [1.29, 1.82) is 0 Å². The van der Waals surface area contributed by atoms with Gasteiger partial charge in [0.25, 0.3) is 5.91 Å². The predicted molar refractivity (Wildman–Crippen MR) is 117 cm³/mol. The van der Waals surface area contributed by atoms with E-state index in [-0.39, 0.29) is 17.6 Å². The second kappa shape index (κ2) is 10.9. The molecule has 0 aliphatic carbocycles. The van der Waals surface area contributed by atoms with E-state index in [4.69, 9.17) is 0 Å². The first-order valence-corrected chi connectivity index (χ1v) is 10.4. The average Bonchev–Trinajstić information content (AvgIpc) is 2.68. The lowest BCUT2D eigenvalue weighted by molar-refractivity contribution is -0.113. The van der Waals surface area contributed by atoms with Gasteiger partial charge < -0.3 is 15.5 Å². The Morgan fingerprint density at radius 3 is 2.43 bits per heavy atom. The molecule has 28 heavy (non-hydrogen) atoms. The van der Waals surface area contributed by atoms with Crippen LogP contribution in [0.15, 0.2) is 53.4 Å². The number of rotatable bonds is 9. The normalized spacial score (nSPS) is 10.9. The van der Waals surface area contributed by atoms with Crippen molar-refractivity contribution in [2.45, 2.75) is 31.7 Å². The number of anilines is 1. The third-order valence-electron chi connectivity index (χ3n) is 4.46. The number of amides is 2. The van der Waals surface area contributed by atoms with Crippen LogP contribution in [0.5, 0.6) is 0 Å². The molecule has 0 spiro atoms. The van der Waals surface area contributed by atoms with E-state index >= 15 is 0 Å². The topological polar surface area (TPSA) is 61.4 Å². The number of thioether (sulfide) groups is 1. The van der Waals surface area contributed by atoms with Crippen LogP contribution in [-0.2, 0) is 4.79 Å². The highest BCUT2D eigenvalue weighted by Crippen LogP contribution is 2.23. The van der Waals surface area contributed by atoms with E-state index in [2.05, 4.69) is 29.4 Å². The van der Waals surface area contributed by atoms with Crippen LogP contribution in [0.2, 0.25) is 0 Å². The monoisotopic (exact) mass is 399 g/mol. The number of nitrogens with one attached hydrogen (secondary N) is 2. The van der Waals surface area contributed by atoms with Gasteiger partial charge in [0.15, 0.2) is 0 Å². The van der Waals surface area contributed by atoms with Crippen LogP contribution in [-0.4, -0.2) is 48.6 Å². The number of aryl methyl sites for hydroxylation is 1. The maximum absolute atomic E-state index is 12.5. The van der Waals surface area contributed by atoms with Crippen molar-refractivity contribution >= 4 is 29.3 Å². The number of hydrogen-bond donors (Lipinski definition) is 2. The number of carbonyl (C=O) groups excluding carboxylic acids is 2. The molecule has 0 aliphatic rings. The fourth-order valence-corrected chi connectivity index (χ4v) is 3.31. The highest BCUT2D eigenvalue weighted by molar-refractivity contribution is 8.00. The molecule has 2 aromatic rings. The maximum Gasteiger partial charge on any atom is 0.252 e. The molecule has 0 radical (unpaired) electrons. The van der Waals surface area contributed by atoms with E-state index in [1.165, 1.54) is 11.8 Å². The van der Waals surface area contributed by atoms with Gasteiger partial charge in [-0.2, -0.15) is 0 Å². The van der Waals surface area contributed by atoms with Gasteiger partial charge in [0.2, 0.25) is 5.91 Å². The first-order chi connectivity index (χ1) is 13.4. The molecule has 0 aromatic heterocycles. The number of carbonyl (C=O) groups is 2. The van der Waals surface area contributed by atoms with E-state index in [1.54, 1.807) is 6.07 Å². The third-order valence-corrected chi connectivity index (χ3v) is 5.53.